The van der Waals surface area contributed by atoms with Gasteiger partial charge in [-0.1, -0.05) is 72.8 Å². The Morgan fingerprint density at radius 1 is 0.848 bits per heavy atom. The molecule has 0 saturated carbocycles. The lowest BCUT2D eigenvalue weighted by Crippen LogP contribution is -2.16. The summed E-state index contributed by atoms with van der Waals surface area (Å²) in [6.45, 7) is 0. The van der Waals surface area contributed by atoms with Gasteiger partial charge in [0, 0.05) is 6.08 Å². The number of amides is 1. The minimum atomic E-state index is -1.49. The Morgan fingerprint density at radius 2 is 1.61 bits per heavy atom. The zero-order chi connectivity index (χ0) is 22.4. The monoisotopic (exact) mass is 451 g/mol. The van der Waals surface area contributed by atoms with E-state index >= 15 is 0 Å². The maximum Gasteiger partial charge on any atom is 0.257 e. The van der Waals surface area contributed by atoms with Crippen molar-refractivity contribution in [3.05, 3.63) is 108 Å². The highest BCUT2D eigenvalue weighted by molar-refractivity contribution is 7.93. The lowest BCUT2D eigenvalue weighted by molar-refractivity contribution is -0.114. The fraction of sp³-hybridized carbons (Fsp3) is 0.107. The first-order chi connectivity index (χ1) is 16.2. The van der Waals surface area contributed by atoms with Gasteiger partial charge in [-0.05, 0) is 63.6 Å². The Morgan fingerprint density at radius 3 is 2.42 bits per heavy atom. The van der Waals surface area contributed by atoms with E-state index in [9.17, 15) is 9.00 Å². The average Bonchev–Trinajstić information content (AvgIpc) is 3.41. The lowest BCUT2D eigenvalue weighted by atomic mass is 9.93. The molecule has 0 bridgehead atoms. The van der Waals surface area contributed by atoms with Crippen LogP contribution in [0.3, 0.4) is 0 Å². The number of hydrogen-bond donors (Lipinski definition) is 1. The Kier molecular flexibility index (Phi) is 4.84. The maximum absolute atomic E-state index is 12.0. The first kappa shape index (κ1) is 19.9. The maximum atomic E-state index is 12.0. The minimum absolute atomic E-state index is 0.0103. The molecule has 0 saturated heterocycles. The van der Waals surface area contributed by atoms with Gasteiger partial charge in [0.25, 0.3) is 5.91 Å². The van der Waals surface area contributed by atoms with Crippen molar-refractivity contribution < 1.29 is 13.7 Å². The van der Waals surface area contributed by atoms with Gasteiger partial charge in [-0.15, -0.1) is 0 Å². The van der Waals surface area contributed by atoms with Crippen LogP contribution in [0.15, 0.2) is 91.0 Å². The molecule has 6 rings (SSSR count). The molecule has 2 aliphatic rings. The fourth-order valence-corrected chi connectivity index (χ4v) is 5.77. The Labute approximate surface area is 194 Å². The molecule has 4 aromatic rings. The minimum Gasteiger partial charge on any atom is -0.486 e. The summed E-state index contributed by atoms with van der Waals surface area (Å²) in [5, 5.41) is 2.51. The predicted octanol–water partition coefficient (Wildman–Crippen LogP) is 5.71. The number of hydrogen-bond acceptors (Lipinski definition) is 3. The quantitative estimate of drug-likeness (QED) is 0.433. The normalized spacial score (nSPS) is 19.3. The van der Waals surface area contributed by atoms with Crippen LogP contribution in [-0.4, -0.2) is 10.1 Å². The molecule has 0 radical (unpaired) electrons. The molecule has 0 spiro atoms. The van der Waals surface area contributed by atoms with E-state index in [-0.39, 0.29) is 12.0 Å². The average molecular weight is 452 g/mol. The van der Waals surface area contributed by atoms with Crippen LogP contribution in [0.25, 0.3) is 26.8 Å². The lowest BCUT2D eigenvalue weighted by Gasteiger charge is -2.17. The summed E-state index contributed by atoms with van der Waals surface area (Å²) in [5.41, 5.74) is 5.88. The molecule has 1 aliphatic heterocycles. The van der Waals surface area contributed by atoms with Crippen LogP contribution in [-0.2, 0) is 22.2 Å². The van der Waals surface area contributed by atoms with E-state index in [0.29, 0.717) is 4.91 Å². The van der Waals surface area contributed by atoms with Crippen molar-refractivity contribution in [1.29, 1.82) is 0 Å². The second-order valence-corrected chi connectivity index (χ2v) is 9.49. The molecule has 1 unspecified atom stereocenters. The molecule has 1 amide bonds. The van der Waals surface area contributed by atoms with Crippen LogP contribution in [0, 0.1) is 0 Å². The van der Waals surface area contributed by atoms with Crippen molar-refractivity contribution in [3.8, 4) is 16.9 Å². The van der Waals surface area contributed by atoms with Crippen LogP contribution in [0.2, 0.25) is 0 Å². The van der Waals surface area contributed by atoms with E-state index < -0.39 is 11.0 Å². The topological polar surface area (TPSA) is 55.4 Å². The van der Waals surface area contributed by atoms with E-state index in [1.807, 2.05) is 24.3 Å². The van der Waals surface area contributed by atoms with E-state index in [4.69, 9.17) is 4.74 Å². The van der Waals surface area contributed by atoms with Gasteiger partial charge in [0.15, 0.2) is 11.0 Å². The van der Waals surface area contributed by atoms with Crippen LogP contribution in [0.5, 0.6) is 5.75 Å². The summed E-state index contributed by atoms with van der Waals surface area (Å²) in [7, 11) is -1.49. The van der Waals surface area contributed by atoms with Crippen molar-refractivity contribution in [1.82, 2.24) is 4.72 Å². The van der Waals surface area contributed by atoms with Gasteiger partial charge in [0.2, 0.25) is 0 Å². The van der Waals surface area contributed by atoms with Crippen LogP contribution in [0.4, 0.5) is 0 Å². The zero-order valence-electron chi connectivity index (χ0n) is 17.8. The van der Waals surface area contributed by atoms with Crippen LogP contribution < -0.4 is 9.46 Å². The smallest absolute Gasteiger partial charge is 0.257 e. The zero-order valence-corrected chi connectivity index (χ0v) is 18.6. The van der Waals surface area contributed by atoms with Gasteiger partial charge in [-0.2, -0.15) is 0 Å². The molecule has 1 N–H and O–H groups in total. The van der Waals surface area contributed by atoms with E-state index in [0.717, 1.165) is 24.2 Å². The molecule has 162 valence electrons. The highest BCUT2D eigenvalue weighted by Gasteiger charge is 2.27. The fourth-order valence-electron chi connectivity index (χ4n) is 4.85. The highest BCUT2D eigenvalue weighted by atomic mass is 32.2. The largest absolute Gasteiger partial charge is 0.486 e. The van der Waals surface area contributed by atoms with Gasteiger partial charge in [0.1, 0.15) is 11.9 Å². The van der Waals surface area contributed by atoms with Crippen LogP contribution >= 0.6 is 0 Å². The molecule has 0 aromatic heterocycles. The van der Waals surface area contributed by atoms with Crippen molar-refractivity contribution in [2.24, 2.45) is 0 Å². The first-order valence-corrected chi connectivity index (χ1v) is 12.1. The molecule has 1 heterocycles. The molecular weight excluding hydrogens is 430 g/mol. The van der Waals surface area contributed by atoms with Gasteiger partial charge >= 0.3 is 0 Å². The summed E-state index contributed by atoms with van der Waals surface area (Å²) >= 11 is 0. The Balaban J connectivity index is 1.29. The number of nitrogens with one attached hydrogen (secondary N) is 1. The molecule has 0 fully saturated rings. The molecule has 5 heteroatoms. The number of rotatable bonds is 4. The Hall–Kier alpha value is -3.70. The van der Waals surface area contributed by atoms with Crippen molar-refractivity contribution in [2.45, 2.75) is 18.9 Å². The third-order valence-corrected chi connectivity index (χ3v) is 7.51. The van der Waals surface area contributed by atoms with Crippen molar-refractivity contribution >= 4 is 32.6 Å². The Bertz CT molecular complexity index is 1450. The predicted molar refractivity (Wildman–Crippen MR) is 132 cm³/mol. The van der Waals surface area contributed by atoms with Gasteiger partial charge in [-0.25, -0.2) is 4.21 Å². The molecule has 4 nitrogen and oxygen atoms in total. The summed E-state index contributed by atoms with van der Waals surface area (Å²) in [6.07, 6.45) is 3.27. The standard InChI is InChI=1S/C28H21NO3S/c30-28-17-27(33(31)29-28)19-11-13-20(14-12-19)32-26-16-15-24-23(9-4-10-25(24)26)22-8-3-6-18-5-1-2-7-21(18)22/h1-14,17,26H,15-16H2,(H,29,30)/t26-,33?/m1/s1. The molecule has 1 aliphatic carbocycles. The number of ether oxygens (including phenoxy) is 1. The van der Waals surface area contributed by atoms with Crippen molar-refractivity contribution in [3.63, 3.8) is 0 Å². The molecule has 33 heavy (non-hydrogen) atoms. The SMILES string of the molecule is O=C1C=C(c2ccc(O[C@@H]3CCc4c(-c5cccc6ccccc56)cccc43)cc2)S(=O)N1. The summed E-state index contributed by atoms with van der Waals surface area (Å²) < 4.78 is 20.8. The highest BCUT2D eigenvalue weighted by Crippen LogP contribution is 2.41. The third kappa shape index (κ3) is 3.55. The number of benzene rings is 4. The second-order valence-electron chi connectivity index (χ2n) is 8.31. The van der Waals surface area contributed by atoms with Gasteiger partial charge in [-0.3, -0.25) is 9.52 Å². The van der Waals surface area contributed by atoms with E-state index in [2.05, 4.69) is 65.4 Å². The van der Waals surface area contributed by atoms with Gasteiger partial charge in [0.05, 0.1) is 4.91 Å². The van der Waals surface area contributed by atoms with Crippen LogP contribution in [0.1, 0.15) is 29.2 Å². The van der Waals surface area contributed by atoms with E-state index in [1.54, 1.807) is 0 Å². The first-order valence-electron chi connectivity index (χ1n) is 11.0. The third-order valence-electron chi connectivity index (χ3n) is 6.37. The molecule has 2 atom stereocenters. The number of carbonyl (C=O) groups excluding carboxylic acids is 1. The molecule has 4 aromatic carbocycles. The van der Waals surface area contributed by atoms with Crippen molar-refractivity contribution in [2.75, 3.05) is 0 Å². The van der Waals surface area contributed by atoms with Gasteiger partial charge < -0.3 is 4.74 Å². The van der Waals surface area contributed by atoms with E-state index in [1.165, 1.54) is 39.1 Å². The molecular formula is C28H21NO3S. The number of carbonyl (C=O) groups is 1. The summed E-state index contributed by atoms with van der Waals surface area (Å²) in [6, 6.07) is 28.9. The second kappa shape index (κ2) is 8.01. The summed E-state index contributed by atoms with van der Waals surface area (Å²) in [5.74, 6) is 0.434. The summed E-state index contributed by atoms with van der Waals surface area (Å²) in [4.78, 5) is 11.9. The number of fused-ring (bicyclic) bond motifs is 2.